The summed E-state index contributed by atoms with van der Waals surface area (Å²) in [6.45, 7) is 6.30. The Morgan fingerprint density at radius 2 is 2.00 bits per heavy atom. The number of aromatic nitrogens is 2. The molecule has 106 valence electrons. The number of ether oxygens (including phenoxy) is 1. The summed E-state index contributed by atoms with van der Waals surface area (Å²) in [5.74, 6) is -0.356. The van der Waals surface area contributed by atoms with Crippen LogP contribution in [0.5, 0.6) is 0 Å². The summed E-state index contributed by atoms with van der Waals surface area (Å²) in [6.07, 6.45) is 4.04. The van der Waals surface area contributed by atoms with Crippen LogP contribution >= 0.6 is 0 Å². The maximum absolute atomic E-state index is 12.2. The van der Waals surface area contributed by atoms with Gasteiger partial charge >= 0.3 is 5.97 Å². The molecule has 1 aliphatic carbocycles. The molecule has 2 N–H and O–H groups in total. The van der Waals surface area contributed by atoms with E-state index in [1.165, 1.54) is 4.68 Å². The maximum atomic E-state index is 12.2. The lowest BCUT2D eigenvalue weighted by Crippen LogP contribution is -2.29. The fourth-order valence-corrected chi connectivity index (χ4v) is 2.61. The predicted molar refractivity (Wildman–Crippen MR) is 73.8 cm³/mol. The molecular weight excluding hydrogens is 242 g/mol. The zero-order valence-electron chi connectivity index (χ0n) is 12.2. The molecule has 1 aliphatic rings. The van der Waals surface area contributed by atoms with Gasteiger partial charge in [-0.25, -0.2) is 4.79 Å². The molecule has 0 aromatic carbocycles. The SMILES string of the molecule is Cc1nn(C)c(C(=O)OC2CCC(C)(C)CC2)c1N. The van der Waals surface area contributed by atoms with Crippen LogP contribution < -0.4 is 5.73 Å². The highest BCUT2D eigenvalue weighted by Crippen LogP contribution is 2.36. The molecule has 5 nitrogen and oxygen atoms in total. The highest BCUT2D eigenvalue weighted by atomic mass is 16.5. The van der Waals surface area contributed by atoms with Crippen molar-refractivity contribution in [2.24, 2.45) is 12.5 Å². The van der Waals surface area contributed by atoms with Crippen molar-refractivity contribution in [3.8, 4) is 0 Å². The monoisotopic (exact) mass is 265 g/mol. The van der Waals surface area contributed by atoms with Crippen LogP contribution in [0.3, 0.4) is 0 Å². The van der Waals surface area contributed by atoms with Crippen LogP contribution in [0.4, 0.5) is 5.69 Å². The average Bonchev–Trinajstić information content (AvgIpc) is 2.56. The number of carbonyl (C=O) groups excluding carboxylic acids is 1. The average molecular weight is 265 g/mol. The molecule has 1 fully saturated rings. The van der Waals surface area contributed by atoms with Crippen LogP contribution in [0.15, 0.2) is 0 Å². The van der Waals surface area contributed by atoms with Crippen molar-refractivity contribution >= 4 is 11.7 Å². The molecule has 1 aromatic heterocycles. The van der Waals surface area contributed by atoms with Gasteiger partial charge < -0.3 is 10.5 Å². The molecule has 0 amide bonds. The Kier molecular flexibility index (Phi) is 3.56. The minimum absolute atomic E-state index is 0.00938. The summed E-state index contributed by atoms with van der Waals surface area (Å²) in [5, 5.41) is 4.14. The lowest BCUT2D eigenvalue weighted by molar-refractivity contribution is 0.00854. The quantitative estimate of drug-likeness (QED) is 0.834. The van der Waals surface area contributed by atoms with E-state index in [4.69, 9.17) is 10.5 Å². The molecule has 0 radical (unpaired) electrons. The van der Waals surface area contributed by atoms with E-state index in [0.717, 1.165) is 25.7 Å². The first-order valence-electron chi connectivity index (χ1n) is 6.80. The number of hydrogen-bond acceptors (Lipinski definition) is 4. The Labute approximate surface area is 114 Å². The Bertz CT molecular complexity index is 481. The van der Waals surface area contributed by atoms with Crippen LogP contribution in [0, 0.1) is 12.3 Å². The molecule has 5 heteroatoms. The number of hydrogen-bond donors (Lipinski definition) is 1. The molecule has 1 saturated carbocycles. The molecule has 1 aromatic rings. The van der Waals surface area contributed by atoms with Crippen LogP contribution in [-0.4, -0.2) is 21.9 Å². The van der Waals surface area contributed by atoms with Crippen molar-refractivity contribution in [3.05, 3.63) is 11.4 Å². The second-order valence-corrected chi connectivity index (χ2v) is 6.24. The summed E-state index contributed by atoms with van der Waals surface area (Å²) >= 11 is 0. The smallest absolute Gasteiger partial charge is 0.359 e. The van der Waals surface area contributed by atoms with Crippen molar-refractivity contribution in [1.29, 1.82) is 0 Å². The Hall–Kier alpha value is -1.52. The van der Waals surface area contributed by atoms with E-state index in [1.54, 1.807) is 14.0 Å². The van der Waals surface area contributed by atoms with Crippen molar-refractivity contribution in [2.45, 2.75) is 52.6 Å². The van der Waals surface area contributed by atoms with E-state index >= 15 is 0 Å². The largest absolute Gasteiger partial charge is 0.458 e. The van der Waals surface area contributed by atoms with E-state index in [9.17, 15) is 4.79 Å². The third kappa shape index (κ3) is 2.91. The highest BCUT2D eigenvalue weighted by Gasteiger charge is 2.30. The van der Waals surface area contributed by atoms with Crippen molar-refractivity contribution in [1.82, 2.24) is 9.78 Å². The number of esters is 1. The number of nitrogen functional groups attached to an aromatic ring is 1. The normalized spacial score (nSPS) is 19.4. The van der Waals surface area contributed by atoms with Gasteiger partial charge in [-0.05, 0) is 38.0 Å². The first kappa shape index (κ1) is 13.9. The second-order valence-electron chi connectivity index (χ2n) is 6.24. The summed E-state index contributed by atoms with van der Waals surface area (Å²) < 4.78 is 7.07. The number of carbonyl (C=O) groups is 1. The molecule has 0 unspecified atom stereocenters. The van der Waals surface area contributed by atoms with Gasteiger partial charge in [-0.2, -0.15) is 5.10 Å². The van der Waals surface area contributed by atoms with E-state index in [0.29, 0.717) is 22.5 Å². The number of nitrogens with two attached hydrogens (primary N) is 1. The van der Waals surface area contributed by atoms with Gasteiger partial charge in [0.15, 0.2) is 5.69 Å². The second kappa shape index (κ2) is 4.87. The minimum atomic E-state index is -0.356. The maximum Gasteiger partial charge on any atom is 0.359 e. The zero-order chi connectivity index (χ0) is 14.2. The minimum Gasteiger partial charge on any atom is -0.458 e. The van der Waals surface area contributed by atoms with Crippen LogP contribution in [-0.2, 0) is 11.8 Å². The Balaban J connectivity index is 2.02. The zero-order valence-corrected chi connectivity index (χ0v) is 12.2. The summed E-state index contributed by atoms with van der Waals surface area (Å²) in [4.78, 5) is 12.2. The number of rotatable bonds is 2. The van der Waals surface area contributed by atoms with Gasteiger partial charge in [-0.15, -0.1) is 0 Å². The van der Waals surface area contributed by atoms with Gasteiger partial charge in [0.2, 0.25) is 0 Å². The molecule has 0 aliphatic heterocycles. The van der Waals surface area contributed by atoms with E-state index in [1.807, 2.05) is 0 Å². The fourth-order valence-electron chi connectivity index (χ4n) is 2.61. The Morgan fingerprint density at radius 3 is 2.47 bits per heavy atom. The predicted octanol–water partition coefficient (Wildman–Crippen LogP) is 2.44. The lowest BCUT2D eigenvalue weighted by atomic mass is 9.76. The van der Waals surface area contributed by atoms with E-state index in [-0.39, 0.29) is 12.1 Å². The molecular formula is C14H23N3O2. The van der Waals surface area contributed by atoms with Gasteiger partial charge in [-0.3, -0.25) is 4.68 Å². The summed E-state index contributed by atoms with van der Waals surface area (Å²) in [7, 11) is 1.71. The Morgan fingerprint density at radius 1 is 1.42 bits per heavy atom. The van der Waals surface area contributed by atoms with Gasteiger partial charge in [0.25, 0.3) is 0 Å². The van der Waals surface area contributed by atoms with Crippen LogP contribution in [0.25, 0.3) is 0 Å². The third-order valence-corrected chi connectivity index (χ3v) is 4.02. The summed E-state index contributed by atoms with van der Waals surface area (Å²) in [5.41, 5.74) is 7.68. The van der Waals surface area contributed by atoms with E-state index in [2.05, 4.69) is 18.9 Å². The highest BCUT2D eigenvalue weighted by molar-refractivity contribution is 5.93. The van der Waals surface area contributed by atoms with Gasteiger partial charge in [0.05, 0.1) is 11.4 Å². The molecule has 0 atom stereocenters. The third-order valence-electron chi connectivity index (χ3n) is 4.02. The van der Waals surface area contributed by atoms with Crippen LogP contribution in [0.2, 0.25) is 0 Å². The van der Waals surface area contributed by atoms with Gasteiger partial charge in [0, 0.05) is 7.05 Å². The van der Waals surface area contributed by atoms with Gasteiger partial charge in [-0.1, -0.05) is 13.8 Å². The fraction of sp³-hybridized carbons (Fsp3) is 0.714. The van der Waals surface area contributed by atoms with Crippen molar-refractivity contribution in [3.63, 3.8) is 0 Å². The first-order chi connectivity index (χ1) is 8.80. The van der Waals surface area contributed by atoms with Crippen molar-refractivity contribution in [2.75, 3.05) is 5.73 Å². The first-order valence-corrected chi connectivity index (χ1v) is 6.80. The van der Waals surface area contributed by atoms with E-state index < -0.39 is 0 Å². The van der Waals surface area contributed by atoms with Crippen molar-refractivity contribution < 1.29 is 9.53 Å². The topological polar surface area (TPSA) is 70.1 Å². The van der Waals surface area contributed by atoms with Crippen LogP contribution in [0.1, 0.15) is 55.7 Å². The van der Waals surface area contributed by atoms with Gasteiger partial charge in [0.1, 0.15) is 6.10 Å². The number of aryl methyl sites for hydroxylation is 2. The summed E-state index contributed by atoms with van der Waals surface area (Å²) in [6, 6.07) is 0. The molecule has 0 bridgehead atoms. The molecule has 2 rings (SSSR count). The molecule has 0 saturated heterocycles. The molecule has 1 heterocycles. The molecule has 0 spiro atoms. The molecule has 19 heavy (non-hydrogen) atoms. The standard InChI is InChI=1S/C14H23N3O2/c1-9-11(15)12(17(4)16-9)13(18)19-10-5-7-14(2,3)8-6-10/h10H,5-8,15H2,1-4H3. The number of anilines is 1. The number of nitrogens with zero attached hydrogens (tertiary/aromatic N) is 2. The lowest BCUT2D eigenvalue weighted by Gasteiger charge is -2.33.